The largest absolute Gasteiger partial charge is 0.384 e. The fourth-order valence-corrected chi connectivity index (χ4v) is 2.72. The summed E-state index contributed by atoms with van der Waals surface area (Å²) in [6, 6.07) is 3.42. The van der Waals surface area contributed by atoms with Gasteiger partial charge >= 0.3 is 0 Å². The van der Waals surface area contributed by atoms with Crippen molar-refractivity contribution in [3.63, 3.8) is 0 Å². The molecule has 0 aromatic carbocycles. The van der Waals surface area contributed by atoms with Gasteiger partial charge in [0.2, 0.25) is 5.91 Å². The van der Waals surface area contributed by atoms with Crippen molar-refractivity contribution < 1.29 is 9.90 Å². The maximum absolute atomic E-state index is 12.3. The highest BCUT2D eigenvalue weighted by Crippen LogP contribution is 2.16. The summed E-state index contributed by atoms with van der Waals surface area (Å²) in [5, 5.41) is 14.7. The van der Waals surface area contributed by atoms with E-state index in [1.165, 1.54) is 11.3 Å². The number of likely N-dealkylation sites (N-methyl/N-ethyl adjacent to an activating group) is 1. The number of rotatable bonds is 4. The summed E-state index contributed by atoms with van der Waals surface area (Å²) in [4.78, 5) is 14.9. The third kappa shape index (κ3) is 3.94. The summed E-state index contributed by atoms with van der Waals surface area (Å²) in [6.45, 7) is 2.21. The lowest BCUT2D eigenvalue weighted by Crippen LogP contribution is -2.32. The molecule has 2 rings (SSSR count). The molecule has 21 heavy (non-hydrogen) atoms. The molecule has 2 aromatic rings. The van der Waals surface area contributed by atoms with Crippen LogP contribution in [0.1, 0.15) is 23.4 Å². The van der Waals surface area contributed by atoms with Crippen LogP contribution in [-0.2, 0) is 11.3 Å². The maximum atomic E-state index is 12.3. The maximum Gasteiger partial charge on any atom is 0.247 e. The molecule has 0 aliphatic heterocycles. The van der Waals surface area contributed by atoms with Crippen LogP contribution >= 0.6 is 11.3 Å². The number of aliphatic hydroxyl groups excluding tert-OH is 1. The molecule has 0 aliphatic rings. The third-order valence-corrected chi connectivity index (χ3v) is 3.91. The first-order chi connectivity index (χ1) is 10.1. The van der Waals surface area contributed by atoms with E-state index in [0.29, 0.717) is 6.54 Å². The van der Waals surface area contributed by atoms with Crippen LogP contribution in [0.5, 0.6) is 0 Å². The van der Waals surface area contributed by atoms with E-state index in [2.05, 4.69) is 16.9 Å². The number of carbonyl (C=O) groups excluding carboxylic acids is 1. The van der Waals surface area contributed by atoms with Gasteiger partial charge in [-0.25, -0.2) is 0 Å². The Bertz CT molecular complexity index is 652. The fourth-order valence-electron chi connectivity index (χ4n) is 1.94. The third-order valence-electron chi connectivity index (χ3n) is 3.02. The van der Waals surface area contributed by atoms with Gasteiger partial charge in [-0.15, -0.1) is 11.3 Å². The van der Waals surface area contributed by atoms with Crippen molar-refractivity contribution in [3.8, 4) is 11.8 Å². The lowest BCUT2D eigenvalue weighted by molar-refractivity contribution is -0.133. The Hall–Kier alpha value is -2.10. The van der Waals surface area contributed by atoms with Gasteiger partial charge in [0.15, 0.2) is 0 Å². The van der Waals surface area contributed by atoms with E-state index in [-0.39, 0.29) is 18.6 Å². The SMILES string of the molecule is CC(C(=O)N(C)Cc1csc(C#CCO)c1)n1cccn1. The smallest absolute Gasteiger partial charge is 0.247 e. The number of thiophene rings is 1. The van der Waals surface area contributed by atoms with Gasteiger partial charge in [0, 0.05) is 26.0 Å². The van der Waals surface area contributed by atoms with Crippen molar-refractivity contribution in [1.29, 1.82) is 0 Å². The molecule has 1 amide bonds. The van der Waals surface area contributed by atoms with Crippen LogP contribution in [-0.4, -0.2) is 39.3 Å². The zero-order chi connectivity index (χ0) is 15.2. The average molecular weight is 303 g/mol. The van der Waals surface area contributed by atoms with Gasteiger partial charge in [0.1, 0.15) is 12.6 Å². The molecule has 0 spiro atoms. The van der Waals surface area contributed by atoms with Crippen LogP contribution in [0.2, 0.25) is 0 Å². The van der Waals surface area contributed by atoms with Crippen molar-refractivity contribution in [2.24, 2.45) is 0 Å². The predicted molar refractivity (Wildman–Crippen MR) is 81.7 cm³/mol. The molecule has 1 atom stereocenters. The van der Waals surface area contributed by atoms with Crippen LogP contribution in [0, 0.1) is 11.8 Å². The number of aromatic nitrogens is 2. The standard InChI is InChI=1S/C15H17N3O2S/c1-12(18-7-4-6-16-18)15(20)17(2)10-13-9-14(21-11-13)5-3-8-19/h4,6-7,9,11-12,19H,8,10H2,1-2H3. The molecule has 2 aromatic heterocycles. The molecule has 1 N–H and O–H groups in total. The van der Waals surface area contributed by atoms with Crippen molar-refractivity contribution >= 4 is 17.2 Å². The lowest BCUT2D eigenvalue weighted by Gasteiger charge is -2.21. The Morgan fingerprint density at radius 1 is 1.62 bits per heavy atom. The van der Waals surface area contributed by atoms with Crippen molar-refractivity contribution in [2.45, 2.75) is 19.5 Å². The minimum Gasteiger partial charge on any atom is -0.384 e. The van der Waals surface area contributed by atoms with E-state index in [1.807, 2.05) is 18.4 Å². The van der Waals surface area contributed by atoms with E-state index < -0.39 is 0 Å². The van der Waals surface area contributed by atoms with Crippen LogP contribution in [0.3, 0.4) is 0 Å². The molecule has 2 heterocycles. The van der Waals surface area contributed by atoms with Gasteiger partial charge in [-0.05, 0) is 30.0 Å². The Kier molecular flexibility index (Phi) is 5.14. The summed E-state index contributed by atoms with van der Waals surface area (Å²) in [5.74, 6) is 5.49. The van der Waals surface area contributed by atoms with Crippen LogP contribution in [0.15, 0.2) is 29.9 Å². The van der Waals surface area contributed by atoms with Gasteiger partial charge < -0.3 is 10.0 Å². The normalized spacial score (nSPS) is 11.6. The highest BCUT2D eigenvalue weighted by atomic mass is 32.1. The second-order valence-electron chi connectivity index (χ2n) is 4.64. The Balaban J connectivity index is 1.99. The molecule has 0 aliphatic carbocycles. The van der Waals surface area contributed by atoms with E-state index >= 15 is 0 Å². The number of amides is 1. The molecule has 0 radical (unpaired) electrons. The topological polar surface area (TPSA) is 58.4 Å². The average Bonchev–Trinajstić information content (AvgIpc) is 3.15. The molecule has 0 saturated heterocycles. The molecular formula is C15H17N3O2S. The molecule has 0 bridgehead atoms. The Labute approximate surface area is 127 Å². The van der Waals surface area contributed by atoms with Crippen LogP contribution in [0.25, 0.3) is 0 Å². The Morgan fingerprint density at radius 3 is 3.10 bits per heavy atom. The zero-order valence-corrected chi connectivity index (χ0v) is 12.8. The highest BCUT2D eigenvalue weighted by molar-refractivity contribution is 7.10. The van der Waals surface area contributed by atoms with E-state index in [4.69, 9.17) is 5.11 Å². The molecule has 5 nitrogen and oxygen atoms in total. The fraction of sp³-hybridized carbons (Fsp3) is 0.333. The first-order valence-electron chi connectivity index (χ1n) is 6.53. The lowest BCUT2D eigenvalue weighted by atomic mass is 10.2. The molecule has 110 valence electrons. The van der Waals surface area contributed by atoms with Gasteiger partial charge in [-0.1, -0.05) is 11.8 Å². The molecule has 0 fully saturated rings. The zero-order valence-electron chi connectivity index (χ0n) is 12.0. The van der Waals surface area contributed by atoms with Gasteiger partial charge in [0.05, 0.1) is 4.88 Å². The van der Waals surface area contributed by atoms with E-state index in [9.17, 15) is 4.79 Å². The van der Waals surface area contributed by atoms with Crippen molar-refractivity contribution in [1.82, 2.24) is 14.7 Å². The second-order valence-corrected chi connectivity index (χ2v) is 5.55. The minimum atomic E-state index is -0.322. The number of nitrogens with zero attached hydrogens (tertiary/aromatic N) is 3. The molecular weight excluding hydrogens is 286 g/mol. The minimum absolute atomic E-state index is 0.00731. The number of hydrogen-bond donors (Lipinski definition) is 1. The second kappa shape index (κ2) is 7.07. The van der Waals surface area contributed by atoms with Gasteiger partial charge in [-0.2, -0.15) is 5.10 Å². The summed E-state index contributed by atoms with van der Waals surface area (Å²) in [5.41, 5.74) is 1.03. The number of carbonyl (C=O) groups is 1. The molecule has 1 unspecified atom stereocenters. The number of hydrogen-bond acceptors (Lipinski definition) is 4. The first kappa shape index (κ1) is 15.3. The van der Waals surface area contributed by atoms with Gasteiger partial charge in [0.25, 0.3) is 0 Å². The predicted octanol–water partition coefficient (Wildman–Crippen LogP) is 1.51. The summed E-state index contributed by atoms with van der Waals surface area (Å²) < 4.78 is 1.64. The summed E-state index contributed by atoms with van der Waals surface area (Å²) >= 11 is 1.51. The first-order valence-corrected chi connectivity index (χ1v) is 7.41. The van der Waals surface area contributed by atoms with E-state index in [0.717, 1.165) is 10.4 Å². The number of aliphatic hydroxyl groups is 1. The van der Waals surface area contributed by atoms with Crippen molar-refractivity contribution in [2.75, 3.05) is 13.7 Å². The van der Waals surface area contributed by atoms with E-state index in [1.54, 1.807) is 35.1 Å². The summed E-state index contributed by atoms with van der Waals surface area (Å²) in [7, 11) is 1.78. The summed E-state index contributed by atoms with van der Waals surface area (Å²) in [6.07, 6.45) is 3.44. The highest BCUT2D eigenvalue weighted by Gasteiger charge is 2.19. The van der Waals surface area contributed by atoms with Gasteiger partial charge in [-0.3, -0.25) is 9.48 Å². The quantitative estimate of drug-likeness (QED) is 0.871. The van der Waals surface area contributed by atoms with Crippen LogP contribution in [0.4, 0.5) is 0 Å². The Morgan fingerprint density at radius 2 is 2.43 bits per heavy atom. The van der Waals surface area contributed by atoms with Crippen molar-refractivity contribution in [3.05, 3.63) is 40.3 Å². The van der Waals surface area contributed by atoms with Crippen LogP contribution < -0.4 is 0 Å². The monoisotopic (exact) mass is 303 g/mol. The molecule has 6 heteroatoms. The molecule has 0 saturated carbocycles.